The summed E-state index contributed by atoms with van der Waals surface area (Å²) in [5.41, 5.74) is 1.40. The molecule has 104 valence electrons. The van der Waals surface area contributed by atoms with Crippen molar-refractivity contribution in [3.05, 3.63) is 58.3 Å². The van der Waals surface area contributed by atoms with E-state index >= 15 is 0 Å². The van der Waals surface area contributed by atoms with Crippen molar-refractivity contribution in [2.45, 2.75) is 6.61 Å². The van der Waals surface area contributed by atoms with Crippen molar-refractivity contribution in [3.8, 4) is 0 Å². The summed E-state index contributed by atoms with van der Waals surface area (Å²) in [6.07, 6.45) is 0. The number of anilines is 2. The lowest BCUT2D eigenvalue weighted by atomic mass is 10.2. The van der Waals surface area contributed by atoms with E-state index in [1.54, 1.807) is 24.3 Å². The molecule has 0 spiro atoms. The van der Waals surface area contributed by atoms with E-state index in [0.717, 1.165) is 0 Å². The van der Waals surface area contributed by atoms with Gasteiger partial charge in [-0.15, -0.1) is 0 Å². The number of urea groups is 1. The summed E-state index contributed by atoms with van der Waals surface area (Å²) >= 11 is 3.29. The summed E-state index contributed by atoms with van der Waals surface area (Å²) in [5, 5.41) is 14.4. The van der Waals surface area contributed by atoms with E-state index in [4.69, 9.17) is 0 Å². The first-order valence-corrected chi connectivity index (χ1v) is 6.61. The Labute approximate surface area is 123 Å². The highest BCUT2D eigenvalue weighted by Gasteiger charge is 2.09. The Morgan fingerprint density at radius 2 is 1.95 bits per heavy atom. The van der Waals surface area contributed by atoms with Gasteiger partial charge in [-0.05, 0) is 30.3 Å². The Morgan fingerprint density at radius 1 is 1.20 bits per heavy atom. The van der Waals surface area contributed by atoms with Crippen molar-refractivity contribution in [3.63, 3.8) is 0 Å². The number of hydrogen-bond acceptors (Lipinski definition) is 2. The minimum atomic E-state index is -0.511. The average Bonchev–Trinajstić information content (AvgIpc) is 2.38. The first-order valence-electron chi connectivity index (χ1n) is 5.82. The fraction of sp³-hybridized carbons (Fsp3) is 0.0714. The maximum absolute atomic E-state index is 13.0. The van der Waals surface area contributed by atoms with Crippen LogP contribution in [0.15, 0.2) is 46.9 Å². The number of amides is 2. The molecule has 0 aliphatic carbocycles. The Kier molecular flexibility index (Phi) is 4.70. The molecule has 0 unspecified atom stereocenters. The lowest BCUT2D eigenvalue weighted by molar-refractivity contribution is 0.262. The number of carbonyl (C=O) groups excluding carboxylic acids is 1. The summed E-state index contributed by atoms with van der Waals surface area (Å²) in [4.78, 5) is 11.8. The number of aliphatic hydroxyl groups excluding tert-OH is 1. The van der Waals surface area contributed by atoms with Crippen LogP contribution in [-0.4, -0.2) is 11.1 Å². The zero-order chi connectivity index (χ0) is 14.5. The maximum Gasteiger partial charge on any atom is 0.323 e. The Hall–Kier alpha value is -1.92. The molecule has 6 heteroatoms. The molecular weight excluding hydrogens is 327 g/mol. The SMILES string of the molecule is O=C(Nc1cccc(F)c1)Nc1cccc(Br)c1CO. The van der Waals surface area contributed by atoms with Crippen molar-refractivity contribution >= 4 is 33.3 Å². The zero-order valence-electron chi connectivity index (χ0n) is 10.4. The van der Waals surface area contributed by atoms with Gasteiger partial charge in [0.1, 0.15) is 5.82 Å². The van der Waals surface area contributed by atoms with Crippen molar-refractivity contribution in [1.82, 2.24) is 0 Å². The van der Waals surface area contributed by atoms with Crippen LogP contribution >= 0.6 is 15.9 Å². The first kappa shape index (κ1) is 14.5. The lowest BCUT2D eigenvalue weighted by Gasteiger charge is -2.12. The molecule has 0 bridgehead atoms. The second kappa shape index (κ2) is 6.49. The van der Waals surface area contributed by atoms with E-state index in [0.29, 0.717) is 21.4 Å². The van der Waals surface area contributed by atoms with Crippen molar-refractivity contribution < 1.29 is 14.3 Å². The number of halogens is 2. The van der Waals surface area contributed by atoms with Crippen LogP contribution in [0.4, 0.5) is 20.6 Å². The molecule has 0 radical (unpaired) electrons. The van der Waals surface area contributed by atoms with E-state index in [2.05, 4.69) is 26.6 Å². The number of rotatable bonds is 3. The number of benzene rings is 2. The first-order chi connectivity index (χ1) is 9.60. The molecule has 0 aromatic heterocycles. The predicted octanol–water partition coefficient (Wildman–Crippen LogP) is 3.72. The van der Waals surface area contributed by atoms with E-state index in [1.165, 1.54) is 18.2 Å². The van der Waals surface area contributed by atoms with Gasteiger partial charge in [0.15, 0.2) is 0 Å². The summed E-state index contributed by atoms with van der Waals surface area (Å²) < 4.78 is 13.7. The Bertz CT molecular complexity index is 634. The topological polar surface area (TPSA) is 61.4 Å². The third-order valence-electron chi connectivity index (χ3n) is 2.61. The molecule has 0 fully saturated rings. The van der Waals surface area contributed by atoms with Crippen LogP contribution in [-0.2, 0) is 6.61 Å². The van der Waals surface area contributed by atoms with Gasteiger partial charge in [0.05, 0.1) is 6.61 Å². The van der Waals surface area contributed by atoms with Gasteiger partial charge in [-0.2, -0.15) is 0 Å². The number of nitrogens with one attached hydrogen (secondary N) is 2. The largest absolute Gasteiger partial charge is 0.392 e. The monoisotopic (exact) mass is 338 g/mol. The quantitative estimate of drug-likeness (QED) is 0.798. The van der Waals surface area contributed by atoms with Gasteiger partial charge >= 0.3 is 6.03 Å². The van der Waals surface area contributed by atoms with Crippen LogP contribution in [0.5, 0.6) is 0 Å². The zero-order valence-corrected chi connectivity index (χ0v) is 11.9. The van der Waals surface area contributed by atoms with E-state index < -0.39 is 11.8 Å². The molecule has 20 heavy (non-hydrogen) atoms. The Balaban J connectivity index is 2.11. The van der Waals surface area contributed by atoms with Crippen LogP contribution in [0.3, 0.4) is 0 Å². The highest BCUT2D eigenvalue weighted by molar-refractivity contribution is 9.10. The molecular formula is C14H12BrFN2O2. The highest BCUT2D eigenvalue weighted by Crippen LogP contribution is 2.24. The lowest BCUT2D eigenvalue weighted by Crippen LogP contribution is -2.20. The smallest absolute Gasteiger partial charge is 0.323 e. The molecule has 0 saturated heterocycles. The van der Waals surface area contributed by atoms with Gasteiger partial charge in [-0.25, -0.2) is 9.18 Å². The molecule has 2 aromatic rings. The van der Waals surface area contributed by atoms with Crippen LogP contribution in [0.2, 0.25) is 0 Å². The van der Waals surface area contributed by atoms with Gasteiger partial charge in [-0.1, -0.05) is 28.1 Å². The van der Waals surface area contributed by atoms with Crippen LogP contribution in [0.1, 0.15) is 5.56 Å². The Morgan fingerprint density at radius 3 is 2.65 bits per heavy atom. The van der Waals surface area contributed by atoms with Crippen molar-refractivity contribution in [2.24, 2.45) is 0 Å². The van der Waals surface area contributed by atoms with E-state index in [9.17, 15) is 14.3 Å². The van der Waals surface area contributed by atoms with Gasteiger partial charge in [0, 0.05) is 21.4 Å². The molecule has 0 saturated carbocycles. The predicted molar refractivity (Wildman–Crippen MR) is 79.1 cm³/mol. The van der Waals surface area contributed by atoms with Crippen LogP contribution in [0, 0.1) is 5.82 Å². The van der Waals surface area contributed by atoms with Gasteiger partial charge in [0.25, 0.3) is 0 Å². The average molecular weight is 339 g/mol. The third kappa shape index (κ3) is 3.55. The molecule has 2 aromatic carbocycles. The van der Waals surface area contributed by atoms with E-state index in [-0.39, 0.29) is 6.61 Å². The molecule has 0 atom stereocenters. The molecule has 0 aliphatic heterocycles. The number of aliphatic hydroxyl groups is 1. The second-order valence-electron chi connectivity index (χ2n) is 4.01. The molecule has 0 aliphatic rings. The minimum Gasteiger partial charge on any atom is -0.392 e. The second-order valence-corrected chi connectivity index (χ2v) is 4.87. The van der Waals surface area contributed by atoms with Crippen molar-refractivity contribution in [2.75, 3.05) is 10.6 Å². The molecule has 4 nitrogen and oxygen atoms in total. The summed E-state index contributed by atoms with van der Waals surface area (Å²) in [6, 6.07) is 10.3. The van der Waals surface area contributed by atoms with Crippen molar-refractivity contribution in [1.29, 1.82) is 0 Å². The standard InChI is InChI=1S/C14H12BrFN2O2/c15-12-5-2-6-13(11(12)8-19)18-14(20)17-10-4-1-3-9(16)7-10/h1-7,19H,8H2,(H2,17,18,20). The molecule has 2 amide bonds. The van der Waals surface area contributed by atoms with Crippen LogP contribution in [0.25, 0.3) is 0 Å². The molecule has 0 heterocycles. The van der Waals surface area contributed by atoms with E-state index in [1.807, 2.05) is 0 Å². The maximum atomic E-state index is 13.0. The fourth-order valence-corrected chi connectivity index (χ4v) is 2.18. The summed E-state index contributed by atoms with van der Waals surface area (Å²) in [7, 11) is 0. The number of carbonyl (C=O) groups is 1. The van der Waals surface area contributed by atoms with Gasteiger partial charge in [0.2, 0.25) is 0 Å². The minimum absolute atomic E-state index is 0.211. The van der Waals surface area contributed by atoms with Crippen LogP contribution < -0.4 is 10.6 Å². The van der Waals surface area contributed by atoms with Gasteiger partial charge in [-0.3, -0.25) is 0 Å². The number of hydrogen-bond donors (Lipinski definition) is 3. The van der Waals surface area contributed by atoms with Gasteiger partial charge < -0.3 is 15.7 Å². The normalized spacial score (nSPS) is 10.2. The summed E-state index contributed by atoms with van der Waals surface area (Å²) in [6.45, 7) is -0.211. The third-order valence-corrected chi connectivity index (χ3v) is 3.35. The fourth-order valence-electron chi connectivity index (χ4n) is 1.69. The highest BCUT2D eigenvalue weighted by atomic mass is 79.9. The molecule has 3 N–H and O–H groups in total. The summed E-state index contributed by atoms with van der Waals surface area (Å²) in [5.74, 6) is -0.429. The molecule has 2 rings (SSSR count).